The molecule has 3 aromatic rings. The Kier molecular flexibility index (Phi) is 4.43. The van der Waals surface area contributed by atoms with Gasteiger partial charge in [-0.15, -0.1) is 0 Å². The van der Waals surface area contributed by atoms with Crippen LogP contribution in [0.2, 0.25) is 0 Å². The number of hydrogen-bond donors (Lipinski definition) is 5. The predicted molar refractivity (Wildman–Crippen MR) is 97.1 cm³/mol. The van der Waals surface area contributed by atoms with E-state index in [9.17, 15) is 9.90 Å². The van der Waals surface area contributed by atoms with Crippen molar-refractivity contribution >= 4 is 39.2 Å². The van der Waals surface area contributed by atoms with E-state index in [2.05, 4.69) is 10.3 Å². The molecule has 0 aliphatic heterocycles. The second-order valence-electron chi connectivity index (χ2n) is 5.60. The zero-order chi connectivity index (χ0) is 17.1. The molecule has 0 radical (unpaired) electrons. The molecule has 7 nitrogen and oxygen atoms in total. The number of fused-ring (bicyclic) bond motifs is 3. The summed E-state index contributed by atoms with van der Waals surface area (Å²) >= 11 is 0. The number of nitrogens with two attached hydrogens (primary N) is 2. The molecule has 1 aromatic heterocycles. The van der Waals surface area contributed by atoms with Crippen LogP contribution in [0.4, 0.5) is 16.2 Å². The highest BCUT2D eigenvalue weighted by atomic mass is 16.3. The first-order valence-corrected chi connectivity index (χ1v) is 7.80. The van der Waals surface area contributed by atoms with E-state index in [4.69, 9.17) is 11.5 Å². The summed E-state index contributed by atoms with van der Waals surface area (Å²) in [6.45, 7) is 1.37. The number of urea groups is 1. The van der Waals surface area contributed by atoms with E-state index >= 15 is 0 Å². The van der Waals surface area contributed by atoms with Crippen molar-refractivity contribution in [1.29, 1.82) is 0 Å². The SMILES string of the molecule is NC(=O)NCCN(CCO)c1ccc(N)c2[nH]c3ccccc3c12. The van der Waals surface area contributed by atoms with E-state index in [-0.39, 0.29) is 6.61 Å². The molecule has 0 unspecified atom stereocenters. The summed E-state index contributed by atoms with van der Waals surface area (Å²) in [5.41, 5.74) is 14.8. The second kappa shape index (κ2) is 6.67. The van der Waals surface area contributed by atoms with Crippen molar-refractivity contribution in [3.8, 4) is 0 Å². The van der Waals surface area contributed by atoms with Crippen LogP contribution in [-0.2, 0) is 0 Å². The van der Waals surface area contributed by atoms with Gasteiger partial charge in [0.05, 0.1) is 17.8 Å². The summed E-state index contributed by atoms with van der Waals surface area (Å²) in [5, 5.41) is 14.1. The third-order valence-electron chi connectivity index (χ3n) is 4.06. The van der Waals surface area contributed by atoms with Crippen LogP contribution in [0.25, 0.3) is 21.8 Å². The van der Waals surface area contributed by atoms with Crippen molar-refractivity contribution < 1.29 is 9.90 Å². The second-order valence-corrected chi connectivity index (χ2v) is 5.60. The molecule has 0 aliphatic rings. The summed E-state index contributed by atoms with van der Waals surface area (Å²) in [4.78, 5) is 16.3. The number of anilines is 2. The molecule has 7 heteroatoms. The molecule has 0 aliphatic carbocycles. The lowest BCUT2D eigenvalue weighted by atomic mass is 10.1. The molecule has 126 valence electrons. The number of aromatic nitrogens is 1. The molecule has 0 spiro atoms. The van der Waals surface area contributed by atoms with E-state index in [1.807, 2.05) is 41.3 Å². The maximum absolute atomic E-state index is 10.9. The average molecular weight is 327 g/mol. The number of para-hydroxylation sites is 1. The van der Waals surface area contributed by atoms with Crippen LogP contribution in [0, 0.1) is 0 Å². The highest BCUT2D eigenvalue weighted by Crippen LogP contribution is 2.36. The summed E-state index contributed by atoms with van der Waals surface area (Å²) in [6.07, 6.45) is 0. The number of aromatic amines is 1. The largest absolute Gasteiger partial charge is 0.397 e. The predicted octanol–water partition coefficient (Wildman–Crippen LogP) is 1.37. The maximum Gasteiger partial charge on any atom is 0.312 e. The first-order valence-electron chi connectivity index (χ1n) is 7.80. The average Bonchev–Trinajstić information content (AvgIpc) is 2.95. The molecule has 24 heavy (non-hydrogen) atoms. The standard InChI is InChI=1S/C17H21N5O2/c18-12-5-6-14(22(9-10-23)8-7-20-17(19)24)15-11-3-1-2-4-13(11)21-16(12)15/h1-6,21,23H,7-10,18H2,(H3,19,20,24). The Hall–Kier alpha value is -2.93. The van der Waals surface area contributed by atoms with Gasteiger partial charge in [0.1, 0.15) is 0 Å². The molecule has 1 heterocycles. The maximum atomic E-state index is 10.9. The van der Waals surface area contributed by atoms with Gasteiger partial charge in [-0.1, -0.05) is 18.2 Å². The Balaban J connectivity index is 2.08. The van der Waals surface area contributed by atoms with Gasteiger partial charge in [0.15, 0.2) is 0 Å². The van der Waals surface area contributed by atoms with Crippen LogP contribution >= 0.6 is 0 Å². The van der Waals surface area contributed by atoms with Crippen LogP contribution in [-0.4, -0.2) is 42.4 Å². The normalized spacial score (nSPS) is 11.0. The number of primary amides is 1. The van der Waals surface area contributed by atoms with Crippen molar-refractivity contribution in [3.05, 3.63) is 36.4 Å². The highest BCUT2D eigenvalue weighted by molar-refractivity contribution is 6.16. The Labute approximate surface area is 139 Å². The quantitative estimate of drug-likeness (QED) is 0.439. The van der Waals surface area contributed by atoms with Crippen LogP contribution in [0.5, 0.6) is 0 Å². The minimum atomic E-state index is -0.562. The molecule has 2 amide bonds. The fourth-order valence-electron chi connectivity index (χ4n) is 3.01. The van der Waals surface area contributed by atoms with Gasteiger partial charge in [-0.05, 0) is 18.2 Å². The van der Waals surface area contributed by atoms with Crippen molar-refractivity contribution in [1.82, 2.24) is 10.3 Å². The monoisotopic (exact) mass is 327 g/mol. The van der Waals surface area contributed by atoms with Crippen LogP contribution in [0.3, 0.4) is 0 Å². The molecule has 0 bridgehead atoms. The molecule has 7 N–H and O–H groups in total. The lowest BCUT2D eigenvalue weighted by Crippen LogP contribution is -2.38. The van der Waals surface area contributed by atoms with E-state index in [1.54, 1.807) is 0 Å². The van der Waals surface area contributed by atoms with Gasteiger partial charge in [-0.3, -0.25) is 0 Å². The van der Waals surface area contributed by atoms with Gasteiger partial charge in [-0.2, -0.15) is 0 Å². The summed E-state index contributed by atoms with van der Waals surface area (Å²) in [6, 6.07) is 11.2. The zero-order valence-electron chi connectivity index (χ0n) is 13.2. The first-order chi connectivity index (χ1) is 11.6. The number of carbonyl (C=O) groups is 1. The number of amides is 2. The topological polar surface area (TPSA) is 120 Å². The highest BCUT2D eigenvalue weighted by Gasteiger charge is 2.15. The number of aliphatic hydroxyl groups excluding tert-OH is 1. The van der Waals surface area contributed by atoms with Gasteiger partial charge in [-0.25, -0.2) is 4.79 Å². The summed E-state index contributed by atoms with van der Waals surface area (Å²) in [7, 11) is 0. The van der Waals surface area contributed by atoms with E-state index in [1.165, 1.54) is 0 Å². The number of carbonyl (C=O) groups excluding carboxylic acids is 1. The van der Waals surface area contributed by atoms with Gasteiger partial charge in [0, 0.05) is 41.6 Å². The molecule has 0 fully saturated rings. The van der Waals surface area contributed by atoms with E-state index < -0.39 is 6.03 Å². The molecular formula is C17H21N5O2. The minimum absolute atomic E-state index is 0.00476. The Bertz CT molecular complexity index is 874. The van der Waals surface area contributed by atoms with Gasteiger partial charge in [0.2, 0.25) is 0 Å². The number of benzene rings is 2. The molecule has 3 rings (SSSR count). The number of rotatable bonds is 6. The fraction of sp³-hybridized carbons (Fsp3) is 0.235. The molecule has 2 aromatic carbocycles. The van der Waals surface area contributed by atoms with Crippen molar-refractivity contribution in [2.24, 2.45) is 5.73 Å². The van der Waals surface area contributed by atoms with Crippen molar-refractivity contribution in [2.45, 2.75) is 0 Å². The summed E-state index contributed by atoms with van der Waals surface area (Å²) in [5.74, 6) is 0. The Morgan fingerprint density at radius 3 is 2.75 bits per heavy atom. The number of hydrogen-bond acceptors (Lipinski definition) is 4. The van der Waals surface area contributed by atoms with Crippen LogP contribution < -0.4 is 21.7 Å². The number of aliphatic hydroxyl groups is 1. The molecule has 0 atom stereocenters. The van der Waals surface area contributed by atoms with E-state index in [0.29, 0.717) is 25.3 Å². The first kappa shape index (κ1) is 15.9. The third-order valence-corrected chi connectivity index (χ3v) is 4.06. The summed E-state index contributed by atoms with van der Waals surface area (Å²) < 4.78 is 0. The number of nitrogens with one attached hydrogen (secondary N) is 2. The van der Waals surface area contributed by atoms with Crippen molar-refractivity contribution in [3.63, 3.8) is 0 Å². The third kappa shape index (κ3) is 2.93. The van der Waals surface area contributed by atoms with E-state index in [0.717, 1.165) is 27.5 Å². The lowest BCUT2D eigenvalue weighted by Gasteiger charge is -2.25. The lowest BCUT2D eigenvalue weighted by molar-refractivity contribution is 0.249. The molecule has 0 saturated heterocycles. The molecular weight excluding hydrogens is 306 g/mol. The number of H-pyrrole nitrogens is 1. The number of nitrogens with zero attached hydrogens (tertiary/aromatic N) is 1. The number of nitrogen functional groups attached to an aromatic ring is 1. The van der Waals surface area contributed by atoms with Gasteiger partial charge >= 0.3 is 6.03 Å². The van der Waals surface area contributed by atoms with Crippen molar-refractivity contribution in [2.75, 3.05) is 36.9 Å². The fourth-order valence-corrected chi connectivity index (χ4v) is 3.01. The minimum Gasteiger partial charge on any atom is -0.397 e. The van der Waals surface area contributed by atoms with Crippen LogP contribution in [0.1, 0.15) is 0 Å². The van der Waals surface area contributed by atoms with Crippen LogP contribution in [0.15, 0.2) is 36.4 Å². The Morgan fingerprint density at radius 1 is 1.21 bits per heavy atom. The molecule has 0 saturated carbocycles. The zero-order valence-corrected chi connectivity index (χ0v) is 13.2. The smallest absolute Gasteiger partial charge is 0.312 e. The van der Waals surface area contributed by atoms with Gasteiger partial charge in [0.25, 0.3) is 0 Å². The Morgan fingerprint density at radius 2 is 2.00 bits per heavy atom. The van der Waals surface area contributed by atoms with Gasteiger partial charge < -0.3 is 31.8 Å².